The smallest absolute Gasteiger partial charge is 0.0159 e. The maximum Gasteiger partial charge on any atom is 0.0159 e. The van der Waals surface area contributed by atoms with Gasteiger partial charge in [-0.3, -0.25) is 0 Å². The molecule has 11 aromatic carbocycles. The molecule has 0 nitrogen and oxygen atoms in total. The molecule has 0 aromatic heterocycles. The molecule has 1 aliphatic rings. The molecule has 0 amide bonds. The zero-order valence-electron chi connectivity index (χ0n) is 33.1. The molecule has 0 N–H and O–H groups in total. The van der Waals surface area contributed by atoms with E-state index < -0.39 is 0 Å². The molecule has 0 unspecified atom stereocenters. The molecule has 0 heterocycles. The van der Waals surface area contributed by atoms with E-state index in [9.17, 15) is 0 Å². The molecule has 1 aliphatic carbocycles. The number of hydrogen-bond acceptors (Lipinski definition) is 0. The van der Waals surface area contributed by atoms with E-state index in [-0.39, 0.29) is 5.41 Å². The van der Waals surface area contributed by atoms with Gasteiger partial charge in [-0.05, 0) is 163 Å². The lowest BCUT2D eigenvalue weighted by atomic mass is 9.81. The lowest BCUT2D eigenvalue weighted by Crippen LogP contribution is -2.15. The Kier molecular flexibility index (Phi) is 7.38. The number of fused-ring (bicyclic) bond motifs is 10. The third-order valence-corrected chi connectivity index (χ3v) is 13.2. The van der Waals surface area contributed by atoms with Crippen LogP contribution in [0.3, 0.4) is 0 Å². The summed E-state index contributed by atoms with van der Waals surface area (Å²) in [6.45, 7) is 4.75. The number of hydrogen-bond donors (Lipinski definition) is 0. The lowest BCUT2D eigenvalue weighted by molar-refractivity contribution is 0.661. The van der Waals surface area contributed by atoms with Crippen LogP contribution in [0.25, 0.3) is 109 Å². The summed E-state index contributed by atoms with van der Waals surface area (Å²) in [5, 5.41) is 12.7. The van der Waals surface area contributed by atoms with E-state index in [0.717, 1.165) is 0 Å². The second kappa shape index (κ2) is 12.9. The van der Waals surface area contributed by atoms with Gasteiger partial charge >= 0.3 is 0 Å². The van der Waals surface area contributed by atoms with E-state index >= 15 is 0 Å². The first-order valence-corrected chi connectivity index (χ1v) is 20.7. The Hall–Kier alpha value is -7.28. The van der Waals surface area contributed by atoms with Gasteiger partial charge in [-0.2, -0.15) is 0 Å². The standard InChI is InChI=1S/C59H40/c1-59(2)57-34-45(37-10-4-3-5-11-37)25-28-53(57)54-29-26-46(35-58(54)59)43-22-21-40-30-42(20-19-41(40)31-43)44-18-16-38-17-23-47(33-48(38)32-44)55-36-56-49-13-7-6-12-39(49)24-27-52(56)50-14-8-9-15-51(50)55/h3-36H,1-2H3. The highest BCUT2D eigenvalue weighted by molar-refractivity contribution is 6.21. The highest BCUT2D eigenvalue weighted by Crippen LogP contribution is 2.51. The lowest BCUT2D eigenvalue weighted by Gasteiger charge is -2.22. The van der Waals surface area contributed by atoms with Crippen LogP contribution in [0.15, 0.2) is 206 Å². The minimum atomic E-state index is -0.0873. The molecule has 11 aromatic rings. The van der Waals surface area contributed by atoms with Crippen LogP contribution < -0.4 is 0 Å². The summed E-state index contributed by atoms with van der Waals surface area (Å²) < 4.78 is 0. The van der Waals surface area contributed by atoms with Crippen LogP contribution >= 0.6 is 0 Å². The normalized spacial score (nSPS) is 13.1. The van der Waals surface area contributed by atoms with Gasteiger partial charge in [0, 0.05) is 5.41 Å². The summed E-state index contributed by atoms with van der Waals surface area (Å²) in [5.74, 6) is 0. The molecule has 0 spiro atoms. The predicted molar refractivity (Wildman–Crippen MR) is 253 cm³/mol. The van der Waals surface area contributed by atoms with Gasteiger partial charge in [0.25, 0.3) is 0 Å². The highest BCUT2D eigenvalue weighted by Gasteiger charge is 2.36. The van der Waals surface area contributed by atoms with Gasteiger partial charge in [0.1, 0.15) is 0 Å². The second-order valence-corrected chi connectivity index (χ2v) is 16.9. The fraction of sp³-hybridized carbons (Fsp3) is 0.0508. The molecular weight excluding hydrogens is 709 g/mol. The van der Waals surface area contributed by atoms with Crippen molar-refractivity contribution in [2.75, 3.05) is 0 Å². The number of benzene rings is 11. The predicted octanol–water partition coefficient (Wildman–Crippen LogP) is 16.4. The largest absolute Gasteiger partial charge is 0.0622 e. The van der Waals surface area contributed by atoms with E-state index in [1.165, 1.54) is 121 Å². The monoisotopic (exact) mass is 748 g/mol. The second-order valence-electron chi connectivity index (χ2n) is 16.9. The summed E-state index contributed by atoms with van der Waals surface area (Å²) >= 11 is 0. The van der Waals surface area contributed by atoms with Crippen LogP contribution in [0.4, 0.5) is 0 Å². The molecule has 12 rings (SSSR count). The van der Waals surface area contributed by atoms with Gasteiger partial charge in [0.05, 0.1) is 0 Å². The quantitative estimate of drug-likeness (QED) is 0.157. The molecule has 0 atom stereocenters. The van der Waals surface area contributed by atoms with Crippen molar-refractivity contribution in [3.63, 3.8) is 0 Å². The van der Waals surface area contributed by atoms with Crippen LogP contribution in [0.5, 0.6) is 0 Å². The molecule has 0 radical (unpaired) electrons. The average Bonchev–Trinajstić information content (AvgIpc) is 3.52. The van der Waals surface area contributed by atoms with Crippen LogP contribution in [-0.4, -0.2) is 0 Å². The first-order chi connectivity index (χ1) is 29.0. The molecular formula is C59H40. The summed E-state index contributed by atoms with van der Waals surface area (Å²) in [7, 11) is 0. The van der Waals surface area contributed by atoms with Crippen LogP contribution in [0.1, 0.15) is 25.0 Å². The van der Waals surface area contributed by atoms with Crippen molar-refractivity contribution in [2.24, 2.45) is 0 Å². The highest BCUT2D eigenvalue weighted by atomic mass is 14.4. The van der Waals surface area contributed by atoms with Crippen LogP contribution in [0, 0.1) is 0 Å². The topological polar surface area (TPSA) is 0 Å². The molecule has 0 aliphatic heterocycles. The summed E-state index contributed by atoms with van der Waals surface area (Å²) in [6.07, 6.45) is 0. The van der Waals surface area contributed by atoms with Gasteiger partial charge in [-0.1, -0.05) is 178 Å². The van der Waals surface area contributed by atoms with Crippen molar-refractivity contribution < 1.29 is 0 Å². The molecule has 0 saturated carbocycles. The number of rotatable bonds is 4. The van der Waals surface area contributed by atoms with Crippen LogP contribution in [0.2, 0.25) is 0 Å². The Balaban J connectivity index is 0.884. The summed E-state index contributed by atoms with van der Waals surface area (Å²) in [5.41, 5.74) is 15.4. The maximum atomic E-state index is 2.43. The Labute approximate surface area is 344 Å². The Morgan fingerprint density at radius 2 is 0.695 bits per heavy atom. The zero-order chi connectivity index (χ0) is 39.2. The van der Waals surface area contributed by atoms with Crippen LogP contribution in [-0.2, 0) is 5.41 Å². The van der Waals surface area contributed by atoms with Gasteiger partial charge in [-0.15, -0.1) is 0 Å². The minimum Gasteiger partial charge on any atom is -0.0622 e. The van der Waals surface area contributed by atoms with E-state index in [2.05, 4.69) is 220 Å². The first kappa shape index (κ1) is 33.8. The Bertz CT molecular complexity index is 3510. The average molecular weight is 749 g/mol. The van der Waals surface area contributed by atoms with Crippen molar-refractivity contribution in [3.05, 3.63) is 217 Å². The van der Waals surface area contributed by atoms with Gasteiger partial charge in [0.15, 0.2) is 0 Å². The van der Waals surface area contributed by atoms with Crippen molar-refractivity contribution in [2.45, 2.75) is 19.3 Å². The van der Waals surface area contributed by atoms with Crippen molar-refractivity contribution >= 4 is 53.9 Å². The van der Waals surface area contributed by atoms with Crippen molar-refractivity contribution in [1.29, 1.82) is 0 Å². The fourth-order valence-corrected chi connectivity index (χ4v) is 10.0. The van der Waals surface area contributed by atoms with E-state index in [1.807, 2.05) is 0 Å². The fourth-order valence-electron chi connectivity index (χ4n) is 10.0. The van der Waals surface area contributed by atoms with Crippen molar-refractivity contribution in [1.82, 2.24) is 0 Å². The zero-order valence-corrected chi connectivity index (χ0v) is 33.1. The van der Waals surface area contributed by atoms with E-state index in [4.69, 9.17) is 0 Å². The summed E-state index contributed by atoms with van der Waals surface area (Å²) in [4.78, 5) is 0. The first-order valence-electron chi connectivity index (χ1n) is 20.7. The third-order valence-electron chi connectivity index (χ3n) is 13.2. The van der Waals surface area contributed by atoms with Gasteiger partial charge < -0.3 is 0 Å². The maximum absolute atomic E-state index is 2.43. The minimum absolute atomic E-state index is 0.0873. The summed E-state index contributed by atoms with van der Waals surface area (Å²) in [6, 6.07) is 77.0. The Morgan fingerprint density at radius 1 is 0.237 bits per heavy atom. The molecule has 0 bridgehead atoms. The third kappa shape index (κ3) is 5.37. The van der Waals surface area contributed by atoms with Crippen molar-refractivity contribution in [3.8, 4) is 55.6 Å². The van der Waals surface area contributed by atoms with E-state index in [1.54, 1.807) is 0 Å². The van der Waals surface area contributed by atoms with Gasteiger partial charge in [-0.25, -0.2) is 0 Å². The molecule has 0 heteroatoms. The Morgan fingerprint density at radius 3 is 1.37 bits per heavy atom. The SMILES string of the molecule is CC1(C)c2cc(-c3ccccc3)ccc2-c2ccc(-c3ccc4cc(-c5ccc6ccc(-c7cc8c9ccccc9ccc8c8ccccc78)cc6c5)ccc4c3)cc21. The van der Waals surface area contributed by atoms with Gasteiger partial charge in [0.2, 0.25) is 0 Å². The molecule has 276 valence electrons. The molecule has 0 fully saturated rings. The molecule has 59 heavy (non-hydrogen) atoms. The van der Waals surface area contributed by atoms with E-state index in [0.29, 0.717) is 0 Å². The molecule has 0 saturated heterocycles.